The first-order valence-corrected chi connectivity index (χ1v) is 10.1. The number of benzene rings is 1. The molecule has 2 aromatic rings. The van der Waals surface area contributed by atoms with Gasteiger partial charge in [-0.25, -0.2) is 4.98 Å². The van der Waals surface area contributed by atoms with Crippen molar-refractivity contribution in [2.45, 2.75) is 19.9 Å². The predicted molar refractivity (Wildman–Crippen MR) is 111 cm³/mol. The van der Waals surface area contributed by atoms with Gasteiger partial charge in [-0.3, -0.25) is 4.79 Å². The number of amides is 1. The Hall–Kier alpha value is -2.12. The van der Waals surface area contributed by atoms with Crippen molar-refractivity contribution in [1.82, 2.24) is 10.3 Å². The second-order valence-corrected chi connectivity index (χ2v) is 7.33. The molecule has 0 unspecified atom stereocenters. The van der Waals surface area contributed by atoms with Crippen LogP contribution in [-0.2, 0) is 11.3 Å². The summed E-state index contributed by atoms with van der Waals surface area (Å²) in [6.07, 6.45) is 2.52. The highest BCUT2D eigenvalue weighted by Gasteiger charge is 2.15. The Labute approximate surface area is 168 Å². The molecule has 1 aromatic carbocycles. The first kappa shape index (κ1) is 19.6. The first-order chi connectivity index (χ1) is 13.2. The molecule has 2 heterocycles. The number of pyridine rings is 1. The number of carbonyl (C=O) groups is 1. The smallest absolute Gasteiger partial charge is 0.252 e. The van der Waals surface area contributed by atoms with Crippen LogP contribution < -0.4 is 15.5 Å². The predicted octanol–water partition coefficient (Wildman–Crippen LogP) is 3.43. The van der Waals surface area contributed by atoms with E-state index in [1.165, 1.54) is 11.3 Å². The van der Waals surface area contributed by atoms with E-state index < -0.39 is 0 Å². The van der Waals surface area contributed by atoms with Crippen molar-refractivity contribution in [3.63, 3.8) is 0 Å². The Morgan fingerprint density at radius 3 is 2.78 bits per heavy atom. The van der Waals surface area contributed by atoms with Gasteiger partial charge in [0.25, 0.3) is 5.91 Å². The fourth-order valence-electron chi connectivity index (χ4n) is 2.94. The number of rotatable bonds is 7. The van der Waals surface area contributed by atoms with E-state index in [0.717, 1.165) is 43.0 Å². The number of anilines is 2. The van der Waals surface area contributed by atoms with Crippen LogP contribution in [0.5, 0.6) is 0 Å². The third-order valence-electron chi connectivity index (χ3n) is 4.42. The molecular formula is C20H25BrN4O2. The molecule has 3 rings (SSSR count). The minimum atomic E-state index is -0.0848. The van der Waals surface area contributed by atoms with Crippen molar-refractivity contribution in [1.29, 1.82) is 0 Å². The van der Waals surface area contributed by atoms with Gasteiger partial charge in [-0.15, -0.1) is 0 Å². The molecule has 0 atom stereocenters. The maximum Gasteiger partial charge on any atom is 0.252 e. The van der Waals surface area contributed by atoms with Crippen LogP contribution in [0.1, 0.15) is 29.3 Å². The SMILES string of the molecule is CCCNC(=O)c1ccc(NCc2ccc(Br)cc2N2CCOCC2)nc1. The second-order valence-electron chi connectivity index (χ2n) is 6.41. The van der Waals surface area contributed by atoms with Crippen molar-refractivity contribution in [2.75, 3.05) is 43.1 Å². The summed E-state index contributed by atoms with van der Waals surface area (Å²) in [5, 5.41) is 6.21. The number of aromatic nitrogens is 1. The summed E-state index contributed by atoms with van der Waals surface area (Å²) in [7, 11) is 0. The summed E-state index contributed by atoms with van der Waals surface area (Å²) in [5.41, 5.74) is 2.98. The molecule has 2 N–H and O–H groups in total. The van der Waals surface area contributed by atoms with Crippen LogP contribution in [0.4, 0.5) is 11.5 Å². The Kier molecular flexibility index (Phi) is 7.06. The standard InChI is InChI=1S/C20H25BrN4O2/c1-2-7-22-20(26)16-4-6-19(24-14-16)23-13-15-3-5-17(21)12-18(15)25-8-10-27-11-9-25/h3-6,12,14H,2,7-11,13H2,1H3,(H,22,26)(H,23,24). The summed E-state index contributed by atoms with van der Waals surface area (Å²) < 4.78 is 6.53. The molecule has 0 saturated carbocycles. The summed E-state index contributed by atoms with van der Waals surface area (Å²) >= 11 is 3.57. The molecule has 144 valence electrons. The zero-order valence-electron chi connectivity index (χ0n) is 15.5. The molecule has 0 spiro atoms. The van der Waals surface area contributed by atoms with Crippen LogP contribution in [0, 0.1) is 0 Å². The summed E-state index contributed by atoms with van der Waals surface area (Å²) in [5.74, 6) is 0.663. The normalized spacial score (nSPS) is 14.1. The van der Waals surface area contributed by atoms with Crippen molar-refractivity contribution >= 4 is 33.3 Å². The number of hydrogen-bond acceptors (Lipinski definition) is 5. The third-order valence-corrected chi connectivity index (χ3v) is 4.91. The summed E-state index contributed by atoms with van der Waals surface area (Å²) in [4.78, 5) is 18.7. The van der Waals surface area contributed by atoms with E-state index in [4.69, 9.17) is 4.74 Å². The van der Waals surface area contributed by atoms with Crippen LogP contribution in [0.3, 0.4) is 0 Å². The lowest BCUT2D eigenvalue weighted by Crippen LogP contribution is -2.36. The van der Waals surface area contributed by atoms with Gasteiger partial charge in [-0.1, -0.05) is 28.9 Å². The molecule has 1 fully saturated rings. The third kappa shape index (κ3) is 5.43. The molecule has 0 radical (unpaired) electrons. The maximum atomic E-state index is 12.0. The molecule has 1 aromatic heterocycles. The highest BCUT2D eigenvalue weighted by atomic mass is 79.9. The monoisotopic (exact) mass is 432 g/mol. The van der Waals surface area contributed by atoms with E-state index in [0.29, 0.717) is 18.7 Å². The minimum absolute atomic E-state index is 0.0848. The van der Waals surface area contributed by atoms with Gasteiger partial charge >= 0.3 is 0 Å². The molecular weight excluding hydrogens is 408 g/mol. The summed E-state index contributed by atoms with van der Waals surface area (Å²) in [6, 6.07) is 9.96. The summed E-state index contributed by atoms with van der Waals surface area (Å²) in [6.45, 7) is 6.65. The van der Waals surface area contributed by atoms with Gasteiger partial charge in [0.1, 0.15) is 5.82 Å². The zero-order chi connectivity index (χ0) is 19.1. The van der Waals surface area contributed by atoms with Crippen LogP contribution in [0.2, 0.25) is 0 Å². The Morgan fingerprint density at radius 1 is 1.26 bits per heavy atom. The van der Waals surface area contributed by atoms with Crippen molar-refractivity contribution in [3.05, 3.63) is 52.1 Å². The Balaban J connectivity index is 1.65. The molecule has 0 aliphatic carbocycles. The van der Waals surface area contributed by atoms with Crippen LogP contribution in [-0.4, -0.2) is 43.7 Å². The van der Waals surface area contributed by atoms with Gasteiger partial charge in [0.2, 0.25) is 0 Å². The number of hydrogen-bond donors (Lipinski definition) is 2. The minimum Gasteiger partial charge on any atom is -0.378 e. The van der Waals surface area contributed by atoms with Gasteiger partial charge in [0.05, 0.1) is 18.8 Å². The number of nitrogens with zero attached hydrogens (tertiary/aromatic N) is 2. The van der Waals surface area contributed by atoms with Crippen LogP contribution in [0.25, 0.3) is 0 Å². The van der Waals surface area contributed by atoms with Crippen LogP contribution in [0.15, 0.2) is 41.0 Å². The fraction of sp³-hybridized carbons (Fsp3) is 0.400. The van der Waals surface area contributed by atoms with E-state index in [1.807, 2.05) is 13.0 Å². The topological polar surface area (TPSA) is 66.5 Å². The van der Waals surface area contributed by atoms with E-state index >= 15 is 0 Å². The number of morpholine rings is 1. The largest absolute Gasteiger partial charge is 0.378 e. The second kappa shape index (κ2) is 9.71. The van der Waals surface area contributed by atoms with Gasteiger partial charge < -0.3 is 20.3 Å². The van der Waals surface area contributed by atoms with E-state index in [9.17, 15) is 4.79 Å². The number of halogens is 1. The Morgan fingerprint density at radius 2 is 2.07 bits per heavy atom. The number of ether oxygens (including phenoxy) is 1. The lowest BCUT2D eigenvalue weighted by atomic mass is 10.1. The molecule has 6 nitrogen and oxygen atoms in total. The average Bonchev–Trinajstić information content (AvgIpc) is 2.72. The van der Waals surface area contributed by atoms with E-state index in [2.05, 4.69) is 54.6 Å². The van der Waals surface area contributed by atoms with Crippen molar-refractivity contribution in [3.8, 4) is 0 Å². The van der Waals surface area contributed by atoms with Crippen molar-refractivity contribution < 1.29 is 9.53 Å². The molecule has 1 aliphatic rings. The van der Waals surface area contributed by atoms with E-state index in [-0.39, 0.29) is 5.91 Å². The lowest BCUT2D eigenvalue weighted by Gasteiger charge is -2.31. The number of carbonyl (C=O) groups excluding carboxylic acids is 1. The first-order valence-electron chi connectivity index (χ1n) is 9.26. The molecule has 0 bridgehead atoms. The number of nitrogens with one attached hydrogen (secondary N) is 2. The van der Waals surface area contributed by atoms with Gasteiger partial charge in [-0.2, -0.15) is 0 Å². The van der Waals surface area contributed by atoms with Crippen LogP contribution >= 0.6 is 15.9 Å². The van der Waals surface area contributed by atoms with Gasteiger partial charge in [-0.05, 0) is 36.2 Å². The average molecular weight is 433 g/mol. The lowest BCUT2D eigenvalue weighted by molar-refractivity contribution is 0.0953. The zero-order valence-corrected chi connectivity index (χ0v) is 17.1. The molecule has 7 heteroatoms. The van der Waals surface area contributed by atoms with Crippen molar-refractivity contribution in [2.24, 2.45) is 0 Å². The molecule has 1 amide bonds. The maximum absolute atomic E-state index is 12.0. The quantitative estimate of drug-likeness (QED) is 0.701. The molecule has 27 heavy (non-hydrogen) atoms. The van der Waals surface area contributed by atoms with Gasteiger partial charge in [0.15, 0.2) is 0 Å². The molecule has 1 aliphatic heterocycles. The van der Waals surface area contributed by atoms with Gasteiger partial charge in [0, 0.05) is 42.5 Å². The Bertz CT molecular complexity index is 761. The van der Waals surface area contributed by atoms with E-state index in [1.54, 1.807) is 12.3 Å². The molecule has 1 saturated heterocycles. The highest BCUT2D eigenvalue weighted by molar-refractivity contribution is 9.10. The highest BCUT2D eigenvalue weighted by Crippen LogP contribution is 2.26. The fourth-order valence-corrected chi connectivity index (χ4v) is 3.29.